The van der Waals surface area contributed by atoms with Crippen molar-refractivity contribution in [3.63, 3.8) is 0 Å². The van der Waals surface area contributed by atoms with Crippen molar-refractivity contribution in [2.75, 3.05) is 39.4 Å². The van der Waals surface area contributed by atoms with E-state index in [9.17, 15) is 4.79 Å². The molecule has 4 aromatic rings. The van der Waals surface area contributed by atoms with Gasteiger partial charge >= 0.3 is 0 Å². The van der Waals surface area contributed by atoms with Gasteiger partial charge in [0.2, 0.25) is 0 Å². The molecular weight excluding hydrogens is 406 g/mol. The van der Waals surface area contributed by atoms with Crippen LogP contribution in [0, 0.1) is 0 Å². The summed E-state index contributed by atoms with van der Waals surface area (Å²) in [5.74, 6) is -0.0903. The van der Waals surface area contributed by atoms with Gasteiger partial charge in [-0.25, -0.2) is 4.68 Å². The molecule has 1 aliphatic heterocycles. The highest BCUT2D eigenvalue weighted by atomic mass is 16.5. The van der Waals surface area contributed by atoms with E-state index in [0.717, 1.165) is 61.6 Å². The van der Waals surface area contributed by atoms with E-state index in [1.165, 1.54) is 0 Å². The molecule has 1 saturated heterocycles. The summed E-state index contributed by atoms with van der Waals surface area (Å²) in [7, 11) is 0. The minimum atomic E-state index is -0.0903. The number of aromatic nitrogens is 5. The van der Waals surface area contributed by atoms with Gasteiger partial charge in [-0.15, -0.1) is 5.10 Å². The van der Waals surface area contributed by atoms with E-state index < -0.39 is 0 Å². The maximum Gasteiger partial charge on any atom is 0.251 e. The standard InChI is InChI=1S/C23H25N7O2/c31-23(24-9-4-10-29-11-13-32-14-12-29)17-5-3-6-18(15-17)30-16-21(26-28-30)22-19-7-1-2-8-20(19)25-27-22/h1-3,5-8,15-16H,4,9-14H2,(H,24,31)(H,25,27). The topological polar surface area (TPSA) is 101 Å². The Labute approximate surface area is 185 Å². The number of para-hydroxylation sites is 1. The average Bonchev–Trinajstić information content (AvgIpc) is 3.50. The van der Waals surface area contributed by atoms with Gasteiger partial charge in [0.25, 0.3) is 5.91 Å². The predicted molar refractivity (Wildman–Crippen MR) is 121 cm³/mol. The molecule has 32 heavy (non-hydrogen) atoms. The summed E-state index contributed by atoms with van der Waals surface area (Å²) < 4.78 is 7.02. The van der Waals surface area contributed by atoms with E-state index in [2.05, 4.69) is 30.7 Å². The summed E-state index contributed by atoms with van der Waals surface area (Å²) in [4.78, 5) is 15.0. The van der Waals surface area contributed by atoms with Crippen LogP contribution in [0.25, 0.3) is 28.0 Å². The number of morpholine rings is 1. The molecule has 1 aliphatic rings. The van der Waals surface area contributed by atoms with Gasteiger partial charge in [0.1, 0.15) is 11.4 Å². The summed E-state index contributed by atoms with van der Waals surface area (Å²) in [6.07, 6.45) is 2.73. The zero-order chi connectivity index (χ0) is 21.8. The number of aromatic amines is 1. The fraction of sp³-hybridized carbons (Fsp3) is 0.304. The van der Waals surface area contributed by atoms with E-state index in [4.69, 9.17) is 4.74 Å². The predicted octanol–water partition coefficient (Wildman–Crippen LogP) is 2.26. The molecule has 2 aromatic heterocycles. The Morgan fingerprint density at radius 2 is 2.00 bits per heavy atom. The number of hydrogen-bond donors (Lipinski definition) is 2. The number of nitrogens with one attached hydrogen (secondary N) is 2. The van der Waals surface area contributed by atoms with Crippen LogP contribution >= 0.6 is 0 Å². The van der Waals surface area contributed by atoms with Crippen LogP contribution in [0.15, 0.2) is 54.7 Å². The molecule has 0 saturated carbocycles. The molecule has 9 nitrogen and oxygen atoms in total. The van der Waals surface area contributed by atoms with Crippen LogP contribution in [0.2, 0.25) is 0 Å². The van der Waals surface area contributed by atoms with Crippen LogP contribution in [-0.2, 0) is 4.74 Å². The van der Waals surface area contributed by atoms with Gasteiger partial charge in [0.05, 0.1) is 30.6 Å². The van der Waals surface area contributed by atoms with Crippen LogP contribution in [0.3, 0.4) is 0 Å². The van der Waals surface area contributed by atoms with Crippen LogP contribution in [0.1, 0.15) is 16.8 Å². The van der Waals surface area contributed by atoms with E-state index in [1.54, 1.807) is 10.7 Å². The number of hydrogen-bond acceptors (Lipinski definition) is 6. The third-order valence-electron chi connectivity index (χ3n) is 5.62. The normalized spacial score (nSPS) is 14.6. The van der Waals surface area contributed by atoms with Crippen molar-refractivity contribution in [2.45, 2.75) is 6.42 Å². The summed E-state index contributed by atoms with van der Waals surface area (Å²) in [5, 5.41) is 19.9. The average molecular weight is 432 g/mol. The van der Waals surface area contributed by atoms with Crippen LogP contribution in [0.4, 0.5) is 0 Å². The van der Waals surface area contributed by atoms with Crippen molar-refractivity contribution in [1.29, 1.82) is 0 Å². The van der Waals surface area contributed by atoms with Gasteiger partial charge in [-0.3, -0.25) is 14.8 Å². The second-order valence-corrected chi connectivity index (χ2v) is 7.78. The van der Waals surface area contributed by atoms with Crippen molar-refractivity contribution >= 4 is 16.8 Å². The fourth-order valence-electron chi connectivity index (χ4n) is 3.88. The smallest absolute Gasteiger partial charge is 0.251 e. The molecule has 3 heterocycles. The first-order valence-corrected chi connectivity index (χ1v) is 10.8. The van der Waals surface area contributed by atoms with Gasteiger partial charge in [-0.1, -0.05) is 29.5 Å². The third kappa shape index (κ3) is 4.39. The highest BCUT2D eigenvalue weighted by Crippen LogP contribution is 2.24. The summed E-state index contributed by atoms with van der Waals surface area (Å²) in [6, 6.07) is 15.3. The zero-order valence-electron chi connectivity index (χ0n) is 17.7. The van der Waals surface area contributed by atoms with Crippen LogP contribution < -0.4 is 5.32 Å². The lowest BCUT2D eigenvalue weighted by molar-refractivity contribution is 0.0374. The van der Waals surface area contributed by atoms with E-state index in [1.807, 2.05) is 48.7 Å². The number of nitrogens with zero attached hydrogens (tertiary/aromatic N) is 5. The SMILES string of the molecule is O=C(NCCCN1CCOCC1)c1cccc(-n2cc(-c3n[nH]c4ccccc34)nn2)c1. The molecule has 0 spiro atoms. The van der Waals surface area contributed by atoms with Crippen LogP contribution in [0.5, 0.6) is 0 Å². The molecule has 0 radical (unpaired) electrons. The Bertz CT molecular complexity index is 1210. The zero-order valence-corrected chi connectivity index (χ0v) is 17.7. The Kier molecular flexibility index (Phi) is 5.91. The molecule has 0 atom stereocenters. The minimum absolute atomic E-state index is 0.0903. The lowest BCUT2D eigenvalue weighted by atomic mass is 10.1. The lowest BCUT2D eigenvalue weighted by Gasteiger charge is -2.26. The number of carbonyl (C=O) groups is 1. The maximum atomic E-state index is 12.6. The minimum Gasteiger partial charge on any atom is -0.379 e. The first kappa shape index (κ1) is 20.3. The number of carbonyl (C=O) groups excluding carboxylic acids is 1. The van der Waals surface area contributed by atoms with Crippen molar-refractivity contribution in [3.05, 3.63) is 60.3 Å². The number of amides is 1. The molecule has 5 rings (SSSR count). The molecule has 0 unspecified atom stereocenters. The van der Waals surface area contributed by atoms with Crippen LogP contribution in [-0.4, -0.2) is 75.4 Å². The number of rotatable bonds is 7. The molecular formula is C23H25N7O2. The molecule has 1 fully saturated rings. The Balaban J connectivity index is 1.23. The van der Waals surface area contributed by atoms with Crippen molar-refractivity contribution in [3.8, 4) is 17.1 Å². The molecule has 9 heteroatoms. The number of H-pyrrole nitrogens is 1. The molecule has 2 aromatic carbocycles. The molecule has 0 bridgehead atoms. The number of fused-ring (bicyclic) bond motifs is 1. The quantitative estimate of drug-likeness (QED) is 0.436. The van der Waals surface area contributed by atoms with Crippen molar-refractivity contribution in [1.82, 2.24) is 35.4 Å². The molecule has 0 aliphatic carbocycles. The fourth-order valence-corrected chi connectivity index (χ4v) is 3.88. The van der Waals surface area contributed by atoms with Gasteiger partial charge < -0.3 is 10.1 Å². The van der Waals surface area contributed by atoms with E-state index in [0.29, 0.717) is 17.8 Å². The Morgan fingerprint density at radius 1 is 1.12 bits per heavy atom. The third-order valence-corrected chi connectivity index (χ3v) is 5.62. The second-order valence-electron chi connectivity index (χ2n) is 7.78. The van der Waals surface area contributed by atoms with Gasteiger partial charge in [0.15, 0.2) is 0 Å². The number of ether oxygens (including phenoxy) is 1. The number of benzene rings is 2. The van der Waals surface area contributed by atoms with Gasteiger partial charge in [0, 0.05) is 30.6 Å². The van der Waals surface area contributed by atoms with Crippen molar-refractivity contribution < 1.29 is 9.53 Å². The summed E-state index contributed by atoms with van der Waals surface area (Å²) in [5.41, 5.74) is 3.73. The maximum absolute atomic E-state index is 12.6. The largest absolute Gasteiger partial charge is 0.379 e. The monoisotopic (exact) mass is 431 g/mol. The highest BCUT2D eigenvalue weighted by Gasteiger charge is 2.14. The van der Waals surface area contributed by atoms with Crippen molar-refractivity contribution in [2.24, 2.45) is 0 Å². The molecule has 164 valence electrons. The molecule has 1 amide bonds. The second kappa shape index (κ2) is 9.29. The summed E-state index contributed by atoms with van der Waals surface area (Å²) >= 11 is 0. The first-order valence-electron chi connectivity index (χ1n) is 10.8. The van der Waals surface area contributed by atoms with Gasteiger partial charge in [-0.2, -0.15) is 5.10 Å². The highest BCUT2D eigenvalue weighted by molar-refractivity contribution is 5.94. The lowest BCUT2D eigenvalue weighted by Crippen LogP contribution is -2.38. The Morgan fingerprint density at radius 3 is 2.91 bits per heavy atom. The first-order chi connectivity index (χ1) is 15.8. The Hall–Kier alpha value is -3.56. The molecule has 2 N–H and O–H groups in total. The van der Waals surface area contributed by atoms with Gasteiger partial charge in [-0.05, 0) is 37.2 Å². The van der Waals surface area contributed by atoms with E-state index in [-0.39, 0.29) is 5.91 Å². The van der Waals surface area contributed by atoms with E-state index >= 15 is 0 Å². The summed E-state index contributed by atoms with van der Waals surface area (Å²) in [6.45, 7) is 5.11.